The SMILES string of the molecule is COc1cccc(/C=N/NC(=O)C(C)C(=O)Nc2ccccc2F)c1O. The molecule has 8 heteroatoms. The predicted octanol–water partition coefficient (Wildman–Crippen LogP) is 2.26. The summed E-state index contributed by atoms with van der Waals surface area (Å²) in [5, 5.41) is 16.0. The Bertz CT molecular complexity index is 839. The molecule has 0 saturated heterocycles. The molecule has 7 nitrogen and oxygen atoms in total. The molecule has 0 spiro atoms. The quantitative estimate of drug-likeness (QED) is 0.418. The highest BCUT2D eigenvalue weighted by Gasteiger charge is 2.22. The largest absolute Gasteiger partial charge is 0.504 e. The summed E-state index contributed by atoms with van der Waals surface area (Å²) in [6.45, 7) is 1.37. The van der Waals surface area contributed by atoms with Gasteiger partial charge in [0.25, 0.3) is 5.91 Å². The van der Waals surface area contributed by atoms with E-state index in [-0.39, 0.29) is 17.2 Å². The number of carbonyl (C=O) groups excluding carboxylic acids is 2. The molecule has 0 bridgehead atoms. The third kappa shape index (κ3) is 4.56. The fourth-order valence-electron chi connectivity index (χ4n) is 1.99. The topological polar surface area (TPSA) is 100 Å². The van der Waals surface area contributed by atoms with Gasteiger partial charge in [-0.1, -0.05) is 18.2 Å². The first-order chi connectivity index (χ1) is 12.4. The number of phenols is 1. The van der Waals surface area contributed by atoms with Crippen LogP contribution in [0.2, 0.25) is 0 Å². The summed E-state index contributed by atoms with van der Waals surface area (Å²) in [7, 11) is 1.41. The number of methoxy groups -OCH3 is 1. The molecular weight excluding hydrogens is 341 g/mol. The van der Waals surface area contributed by atoms with E-state index in [0.717, 1.165) is 0 Å². The summed E-state index contributed by atoms with van der Waals surface area (Å²) < 4.78 is 18.5. The van der Waals surface area contributed by atoms with E-state index in [4.69, 9.17) is 4.74 Å². The highest BCUT2D eigenvalue weighted by Crippen LogP contribution is 2.27. The summed E-state index contributed by atoms with van der Waals surface area (Å²) in [6.07, 6.45) is 1.22. The van der Waals surface area contributed by atoms with Gasteiger partial charge in [0.15, 0.2) is 11.5 Å². The maximum absolute atomic E-state index is 13.5. The number of para-hydroxylation sites is 2. The van der Waals surface area contributed by atoms with Gasteiger partial charge in [0, 0.05) is 5.56 Å². The van der Waals surface area contributed by atoms with Gasteiger partial charge in [-0.05, 0) is 31.2 Å². The van der Waals surface area contributed by atoms with Crippen molar-refractivity contribution in [2.75, 3.05) is 12.4 Å². The second kappa shape index (κ2) is 8.61. The molecule has 2 rings (SSSR count). The van der Waals surface area contributed by atoms with E-state index in [1.807, 2.05) is 0 Å². The Balaban J connectivity index is 1.97. The molecule has 0 radical (unpaired) electrons. The Morgan fingerprint density at radius 3 is 2.62 bits per heavy atom. The number of amides is 2. The maximum atomic E-state index is 13.5. The lowest BCUT2D eigenvalue weighted by molar-refractivity contribution is -0.131. The average Bonchev–Trinajstić information content (AvgIpc) is 2.64. The molecule has 2 amide bonds. The Labute approximate surface area is 149 Å². The fraction of sp³-hybridized carbons (Fsp3) is 0.167. The molecule has 26 heavy (non-hydrogen) atoms. The summed E-state index contributed by atoms with van der Waals surface area (Å²) in [5.74, 6) is -2.92. The van der Waals surface area contributed by atoms with Crippen molar-refractivity contribution < 1.29 is 23.8 Å². The number of benzene rings is 2. The van der Waals surface area contributed by atoms with Crippen LogP contribution in [0.1, 0.15) is 12.5 Å². The summed E-state index contributed by atoms with van der Waals surface area (Å²) in [5.41, 5.74) is 2.52. The minimum atomic E-state index is -1.11. The lowest BCUT2D eigenvalue weighted by atomic mass is 10.1. The summed E-state index contributed by atoms with van der Waals surface area (Å²) >= 11 is 0. The minimum absolute atomic E-state index is 0.0121. The smallest absolute Gasteiger partial charge is 0.252 e. The van der Waals surface area contributed by atoms with Gasteiger partial charge in [-0.2, -0.15) is 5.10 Å². The van der Waals surface area contributed by atoms with E-state index >= 15 is 0 Å². The number of aromatic hydroxyl groups is 1. The van der Waals surface area contributed by atoms with Crippen LogP contribution >= 0.6 is 0 Å². The van der Waals surface area contributed by atoms with Gasteiger partial charge in [-0.25, -0.2) is 9.82 Å². The van der Waals surface area contributed by atoms with E-state index in [1.54, 1.807) is 24.3 Å². The van der Waals surface area contributed by atoms with E-state index in [2.05, 4.69) is 15.8 Å². The van der Waals surface area contributed by atoms with Crippen LogP contribution in [0.25, 0.3) is 0 Å². The monoisotopic (exact) mass is 359 g/mol. The van der Waals surface area contributed by atoms with Crippen molar-refractivity contribution in [1.29, 1.82) is 0 Å². The highest BCUT2D eigenvalue weighted by molar-refractivity contribution is 6.06. The molecule has 0 aliphatic heterocycles. The number of anilines is 1. The van der Waals surface area contributed by atoms with Gasteiger partial charge < -0.3 is 15.2 Å². The zero-order valence-electron chi connectivity index (χ0n) is 14.2. The van der Waals surface area contributed by atoms with Crippen LogP contribution in [0, 0.1) is 11.7 Å². The molecule has 0 aromatic heterocycles. The van der Waals surface area contributed by atoms with Crippen molar-refractivity contribution in [3.63, 3.8) is 0 Å². The fourth-order valence-corrected chi connectivity index (χ4v) is 1.99. The van der Waals surface area contributed by atoms with Crippen LogP contribution in [-0.2, 0) is 9.59 Å². The van der Waals surface area contributed by atoms with E-state index in [9.17, 15) is 19.1 Å². The Kier molecular flexibility index (Phi) is 6.26. The van der Waals surface area contributed by atoms with Gasteiger partial charge >= 0.3 is 0 Å². The standard InChI is InChI=1S/C18H18FN3O4/c1-11(17(24)21-14-8-4-3-7-13(14)19)18(25)22-20-10-12-6-5-9-15(26-2)16(12)23/h3-11,23H,1-2H3,(H,21,24)(H,22,25)/b20-10+. The molecule has 0 fully saturated rings. The van der Waals surface area contributed by atoms with Crippen molar-refractivity contribution in [3.8, 4) is 11.5 Å². The van der Waals surface area contributed by atoms with Crippen molar-refractivity contribution in [2.45, 2.75) is 6.92 Å². The zero-order chi connectivity index (χ0) is 19.1. The first-order valence-electron chi connectivity index (χ1n) is 7.68. The van der Waals surface area contributed by atoms with E-state index in [0.29, 0.717) is 5.56 Å². The second-order valence-corrected chi connectivity index (χ2v) is 5.32. The number of carbonyl (C=O) groups is 2. The molecule has 0 saturated carbocycles. The van der Waals surface area contributed by atoms with Crippen LogP contribution < -0.4 is 15.5 Å². The number of nitrogens with zero attached hydrogens (tertiary/aromatic N) is 1. The summed E-state index contributed by atoms with van der Waals surface area (Å²) in [4.78, 5) is 24.0. The number of hydrazone groups is 1. The molecule has 0 aliphatic carbocycles. The van der Waals surface area contributed by atoms with Crippen molar-refractivity contribution >= 4 is 23.7 Å². The first-order valence-corrected chi connectivity index (χ1v) is 7.68. The zero-order valence-corrected chi connectivity index (χ0v) is 14.2. The highest BCUT2D eigenvalue weighted by atomic mass is 19.1. The van der Waals surface area contributed by atoms with Crippen LogP contribution in [0.3, 0.4) is 0 Å². The minimum Gasteiger partial charge on any atom is -0.504 e. The van der Waals surface area contributed by atoms with Crippen molar-refractivity contribution in [1.82, 2.24) is 5.43 Å². The van der Waals surface area contributed by atoms with Crippen molar-refractivity contribution in [3.05, 3.63) is 53.8 Å². The summed E-state index contributed by atoms with van der Waals surface area (Å²) in [6, 6.07) is 10.4. The molecular formula is C18H18FN3O4. The Morgan fingerprint density at radius 1 is 1.19 bits per heavy atom. The second-order valence-electron chi connectivity index (χ2n) is 5.32. The molecule has 1 unspecified atom stereocenters. The molecule has 0 heterocycles. The average molecular weight is 359 g/mol. The van der Waals surface area contributed by atoms with Gasteiger partial charge in [0.05, 0.1) is 19.0 Å². The first kappa shape index (κ1) is 18.9. The van der Waals surface area contributed by atoms with Gasteiger partial charge in [-0.3, -0.25) is 9.59 Å². The number of halogens is 1. The van der Waals surface area contributed by atoms with Crippen LogP contribution in [0.4, 0.5) is 10.1 Å². The lowest BCUT2D eigenvalue weighted by Crippen LogP contribution is -2.34. The van der Waals surface area contributed by atoms with Crippen LogP contribution in [0.15, 0.2) is 47.6 Å². The molecule has 1 atom stereocenters. The number of ether oxygens (including phenoxy) is 1. The third-order valence-corrected chi connectivity index (χ3v) is 3.55. The van der Waals surface area contributed by atoms with Gasteiger partial charge in [0.2, 0.25) is 5.91 Å². The normalized spacial score (nSPS) is 11.8. The van der Waals surface area contributed by atoms with Crippen LogP contribution in [-0.4, -0.2) is 30.2 Å². The molecule has 0 aliphatic rings. The number of hydrogen-bond donors (Lipinski definition) is 3. The van der Waals surface area contributed by atoms with E-state index in [1.165, 1.54) is 38.4 Å². The number of phenolic OH excluding ortho intramolecular Hbond substituents is 1. The maximum Gasteiger partial charge on any atom is 0.252 e. The molecule has 2 aromatic carbocycles. The molecule has 136 valence electrons. The van der Waals surface area contributed by atoms with E-state index < -0.39 is 23.5 Å². The number of hydrogen-bond acceptors (Lipinski definition) is 5. The number of nitrogens with one attached hydrogen (secondary N) is 2. The third-order valence-electron chi connectivity index (χ3n) is 3.55. The lowest BCUT2D eigenvalue weighted by Gasteiger charge is -2.11. The van der Waals surface area contributed by atoms with Crippen LogP contribution in [0.5, 0.6) is 11.5 Å². The predicted molar refractivity (Wildman–Crippen MR) is 94.6 cm³/mol. The molecule has 2 aromatic rings. The number of rotatable bonds is 6. The van der Waals surface area contributed by atoms with Gasteiger partial charge in [-0.15, -0.1) is 0 Å². The van der Waals surface area contributed by atoms with Crippen molar-refractivity contribution in [2.24, 2.45) is 11.0 Å². The Morgan fingerprint density at radius 2 is 1.92 bits per heavy atom. The molecule has 3 N–H and O–H groups in total. The Hall–Kier alpha value is -3.42. The van der Waals surface area contributed by atoms with Gasteiger partial charge in [0.1, 0.15) is 11.7 Å².